The van der Waals surface area contributed by atoms with Gasteiger partial charge in [0.25, 0.3) is 0 Å². The number of hydrogen-bond acceptors (Lipinski definition) is 3. The Morgan fingerprint density at radius 1 is 0.933 bits per heavy atom. The second kappa shape index (κ2) is 7.01. The third-order valence-corrected chi connectivity index (χ3v) is 7.22. The highest BCUT2D eigenvalue weighted by molar-refractivity contribution is 5.87. The zero-order valence-corrected chi connectivity index (χ0v) is 19.0. The molecule has 0 saturated carbocycles. The van der Waals surface area contributed by atoms with Gasteiger partial charge in [0.1, 0.15) is 12.4 Å². The molecule has 1 unspecified atom stereocenters. The highest BCUT2D eigenvalue weighted by Gasteiger charge is 2.41. The maximum Gasteiger partial charge on any atom is 0.330 e. The van der Waals surface area contributed by atoms with Crippen LogP contribution in [-0.2, 0) is 25.8 Å². The highest BCUT2D eigenvalue weighted by Crippen LogP contribution is 2.49. The van der Waals surface area contributed by atoms with Crippen molar-refractivity contribution in [1.29, 1.82) is 0 Å². The Bertz CT molecular complexity index is 1030. The quantitative estimate of drug-likeness (QED) is 0.470. The lowest BCUT2D eigenvalue weighted by Crippen LogP contribution is -2.35. The topological polar surface area (TPSA) is 35.5 Å². The molecule has 0 N–H and O–H groups in total. The Kier molecular flexibility index (Phi) is 4.84. The lowest BCUT2D eigenvalue weighted by Gasteiger charge is -2.42. The minimum Gasteiger partial charge on any atom is -0.492 e. The molecule has 30 heavy (non-hydrogen) atoms. The summed E-state index contributed by atoms with van der Waals surface area (Å²) in [7, 11) is 1.39. The predicted molar refractivity (Wildman–Crippen MR) is 121 cm³/mol. The molecule has 158 valence electrons. The average molecular weight is 405 g/mol. The standard InChI is InChI=1S/C27H32O3/c1-25(2)13-14-26(3,4)21-16-19(9-10-20(21)25)27(5)17-30-23-11-7-18(15-22(23)27)8-12-24(28)29-6/h7-12,15-16H,13-14,17H2,1-6H3. The van der Waals surface area contributed by atoms with E-state index in [9.17, 15) is 4.79 Å². The van der Waals surface area contributed by atoms with Crippen LogP contribution in [0, 0.1) is 0 Å². The Balaban J connectivity index is 1.78. The van der Waals surface area contributed by atoms with Crippen LogP contribution in [0.15, 0.2) is 42.5 Å². The predicted octanol–water partition coefficient (Wildman–Crippen LogP) is 5.92. The van der Waals surface area contributed by atoms with Crippen molar-refractivity contribution in [2.45, 2.75) is 63.7 Å². The van der Waals surface area contributed by atoms with Crippen molar-refractivity contribution in [2.24, 2.45) is 0 Å². The third kappa shape index (κ3) is 3.34. The van der Waals surface area contributed by atoms with Crippen molar-refractivity contribution in [2.75, 3.05) is 13.7 Å². The van der Waals surface area contributed by atoms with Gasteiger partial charge in [0.2, 0.25) is 0 Å². The number of benzene rings is 2. The molecule has 0 fully saturated rings. The summed E-state index contributed by atoms with van der Waals surface area (Å²) in [6.07, 6.45) is 5.66. The Hall–Kier alpha value is -2.55. The lowest BCUT2D eigenvalue weighted by molar-refractivity contribution is -0.134. The van der Waals surface area contributed by atoms with Crippen molar-refractivity contribution in [1.82, 2.24) is 0 Å². The highest BCUT2D eigenvalue weighted by atomic mass is 16.5. The summed E-state index contributed by atoms with van der Waals surface area (Å²) in [5, 5.41) is 0. The zero-order chi connectivity index (χ0) is 21.7. The van der Waals surface area contributed by atoms with Gasteiger partial charge in [0, 0.05) is 11.6 Å². The van der Waals surface area contributed by atoms with Gasteiger partial charge in [-0.1, -0.05) is 52.0 Å². The van der Waals surface area contributed by atoms with E-state index in [1.807, 2.05) is 12.1 Å². The monoisotopic (exact) mass is 404 g/mol. The molecule has 2 aromatic carbocycles. The van der Waals surface area contributed by atoms with Gasteiger partial charge in [0.15, 0.2) is 0 Å². The number of esters is 1. The molecule has 2 aliphatic rings. The Labute approximate surface area is 180 Å². The lowest BCUT2D eigenvalue weighted by atomic mass is 9.62. The first-order chi connectivity index (χ1) is 14.1. The molecule has 0 spiro atoms. The summed E-state index contributed by atoms with van der Waals surface area (Å²) in [4.78, 5) is 11.5. The number of fused-ring (bicyclic) bond motifs is 2. The van der Waals surface area contributed by atoms with Crippen LogP contribution in [0.1, 0.15) is 75.3 Å². The van der Waals surface area contributed by atoms with Gasteiger partial charge < -0.3 is 9.47 Å². The third-order valence-electron chi connectivity index (χ3n) is 7.22. The van der Waals surface area contributed by atoms with Crippen LogP contribution in [-0.4, -0.2) is 19.7 Å². The molecular formula is C27H32O3. The van der Waals surface area contributed by atoms with E-state index in [-0.39, 0.29) is 22.2 Å². The van der Waals surface area contributed by atoms with E-state index in [4.69, 9.17) is 9.47 Å². The molecule has 0 bridgehead atoms. The van der Waals surface area contributed by atoms with Crippen molar-refractivity contribution in [3.8, 4) is 5.75 Å². The van der Waals surface area contributed by atoms with Crippen LogP contribution >= 0.6 is 0 Å². The molecule has 1 aliphatic carbocycles. The van der Waals surface area contributed by atoms with E-state index in [1.165, 1.54) is 48.3 Å². The molecule has 0 amide bonds. The van der Waals surface area contributed by atoms with E-state index < -0.39 is 0 Å². The molecule has 4 rings (SSSR count). The first kappa shape index (κ1) is 20.7. The van der Waals surface area contributed by atoms with Crippen LogP contribution in [0.25, 0.3) is 6.08 Å². The van der Waals surface area contributed by atoms with Crippen molar-refractivity contribution < 1.29 is 14.3 Å². The van der Waals surface area contributed by atoms with E-state index in [0.29, 0.717) is 6.61 Å². The summed E-state index contributed by atoms with van der Waals surface area (Å²) in [6, 6.07) is 13.2. The zero-order valence-electron chi connectivity index (χ0n) is 19.0. The first-order valence-corrected chi connectivity index (χ1v) is 10.8. The van der Waals surface area contributed by atoms with Crippen molar-refractivity contribution in [3.63, 3.8) is 0 Å². The van der Waals surface area contributed by atoms with E-state index >= 15 is 0 Å². The van der Waals surface area contributed by atoms with Gasteiger partial charge in [-0.15, -0.1) is 0 Å². The molecule has 2 aromatic rings. The molecule has 3 heteroatoms. The normalized spacial score (nSPS) is 23.5. The number of hydrogen-bond donors (Lipinski definition) is 0. The number of ether oxygens (including phenoxy) is 2. The van der Waals surface area contributed by atoms with Gasteiger partial charge in [-0.05, 0) is 71.1 Å². The minimum atomic E-state index is -0.353. The maximum absolute atomic E-state index is 11.5. The van der Waals surface area contributed by atoms with Crippen molar-refractivity contribution >= 4 is 12.0 Å². The van der Waals surface area contributed by atoms with Gasteiger partial charge in [-0.25, -0.2) is 4.79 Å². The van der Waals surface area contributed by atoms with Gasteiger partial charge in [-0.3, -0.25) is 0 Å². The summed E-state index contributed by atoms with van der Waals surface area (Å²) < 4.78 is 10.8. The summed E-state index contributed by atoms with van der Waals surface area (Å²) in [5.74, 6) is 0.569. The number of rotatable bonds is 3. The van der Waals surface area contributed by atoms with Crippen molar-refractivity contribution in [3.05, 3.63) is 70.3 Å². The minimum absolute atomic E-state index is 0.171. The first-order valence-electron chi connectivity index (χ1n) is 10.8. The van der Waals surface area contributed by atoms with E-state index in [1.54, 1.807) is 6.08 Å². The second-order valence-corrected chi connectivity index (χ2v) is 10.3. The number of carbonyl (C=O) groups is 1. The molecule has 0 aromatic heterocycles. The summed E-state index contributed by atoms with van der Waals surface area (Å²) in [5.41, 5.74) is 6.52. The molecular weight excluding hydrogens is 372 g/mol. The largest absolute Gasteiger partial charge is 0.492 e. The molecule has 1 atom stereocenters. The van der Waals surface area contributed by atoms with Crippen LogP contribution in [0.4, 0.5) is 0 Å². The van der Waals surface area contributed by atoms with Crippen LogP contribution in [0.5, 0.6) is 5.75 Å². The number of methoxy groups -OCH3 is 1. The van der Waals surface area contributed by atoms with E-state index in [0.717, 1.165) is 11.3 Å². The van der Waals surface area contributed by atoms with Crippen LogP contribution < -0.4 is 4.74 Å². The SMILES string of the molecule is COC(=O)C=Cc1ccc2c(c1)C(C)(c1ccc3c(c1)C(C)(C)CCC3(C)C)CO2. The average Bonchev–Trinajstić information content (AvgIpc) is 3.07. The Morgan fingerprint density at radius 3 is 2.33 bits per heavy atom. The second-order valence-electron chi connectivity index (χ2n) is 10.3. The van der Waals surface area contributed by atoms with Gasteiger partial charge in [-0.2, -0.15) is 0 Å². The summed E-state index contributed by atoms with van der Waals surface area (Å²) in [6.45, 7) is 12.3. The molecule has 1 heterocycles. The fraction of sp³-hybridized carbons (Fsp3) is 0.444. The molecule has 3 nitrogen and oxygen atoms in total. The van der Waals surface area contributed by atoms with Crippen LogP contribution in [0.3, 0.4) is 0 Å². The molecule has 0 radical (unpaired) electrons. The van der Waals surface area contributed by atoms with Crippen LogP contribution in [0.2, 0.25) is 0 Å². The maximum atomic E-state index is 11.5. The molecule has 0 saturated heterocycles. The number of carbonyl (C=O) groups excluding carboxylic acids is 1. The molecule has 1 aliphatic heterocycles. The fourth-order valence-electron chi connectivity index (χ4n) is 4.91. The smallest absolute Gasteiger partial charge is 0.330 e. The van der Waals surface area contributed by atoms with Gasteiger partial charge >= 0.3 is 5.97 Å². The van der Waals surface area contributed by atoms with E-state index in [2.05, 4.69) is 58.9 Å². The van der Waals surface area contributed by atoms with Gasteiger partial charge in [0.05, 0.1) is 12.5 Å². The Morgan fingerprint density at radius 2 is 1.63 bits per heavy atom. The summed E-state index contributed by atoms with van der Waals surface area (Å²) >= 11 is 0. The fourth-order valence-corrected chi connectivity index (χ4v) is 4.91.